The standard InChI is InChI=1S/C14H25NO/c1-7-8-9-12(2)13(16)10-11-14(3,4)15(5)6/h12H,7-9H2,1-6H3. The van der Waals surface area contributed by atoms with Crippen LogP contribution in [0.1, 0.15) is 47.0 Å². The molecular weight excluding hydrogens is 198 g/mol. The highest BCUT2D eigenvalue weighted by Crippen LogP contribution is 2.10. The number of ketones is 1. The van der Waals surface area contributed by atoms with Crippen LogP contribution in [0.15, 0.2) is 0 Å². The summed E-state index contributed by atoms with van der Waals surface area (Å²) in [6.45, 7) is 8.14. The van der Waals surface area contributed by atoms with Crippen LogP contribution in [0.4, 0.5) is 0 Å². The Morgan fingerprint density at radius 1 is 1.38 bits per heavy atom. The van der Waals surface area contributed by atoms with Gasteiger partial charge >= 0.3 is 0 Å². The summed E-state index contributed by atoms with van der Waals surface area (Å²) in [5, 5.41) is 0. The zero-order valence-corrected chi connectivity index (χ0v) is 11.6. The van der Waals surface area contributed by atoms with E-state index in [-0.39, 0.29) is 17.2 Å². The fourth-order valence-corrected chi connectivity index (χ4v) is 1.09. The van der Waals surface area contributed by atoms with Crippen LogP contribution in [0.5, 0.6) is 0 Å². The SMILES string of the molecule is CCCCC(C)C(=O)C#CC(C)(C)N(C)C. The van der Waals surface area contributed by atoms with Gasteiger partial charge in [0.2, 0.25) is 5.78 Å². The highest BCUT2D eigenvalue weighted by atomic mass is 16.1. The van der Waals surface area contributed by atoms with Crippen molar-refractivity contribution in [1.82, 2.24) is 4.90 Å². The first-order valence-electron chi connectivity index (χ1n) is 6.05. The fourth-order valence-electron chi connectivity index (χ4n) is 1.09. The minimum atomic E-state index is -0.236. The van der Waals surface area contributed by atoms with Gasteiger partial charge in [-0.2, -0.15) is 0 Å². The molecule has 0 fully saturated rings. The highest BCUT2D eigenvalue weighted by Gasteiger charge is 2.17. The van der Waals surface area contributed by atoms with Gasteiger partial charge in [0.05, 0.1) is 5.54 Å². The van der Waals surface area contributed by atoms with E-state index >= 15 is 0 Å². The third-order valence-electron chi connectivity index (χ3n) is 3.05. The second-order valence-electron chi connectivity index (χ2n) is 5.11. The van der Waals surface area contributed by atoms with Crippen LogP contribution in [-0.2, 0) is 4.79 Å². The lowest BCUT2D eigenvalue weighted by Gasteiger charge is -2.26. The molecule has 1 atom stereocenters. The second-order valence-corrected chi connectivity index (χ2v) is 5.11. The van der Waals surface area contributed by atoms with Gasteiger partial charge in [0.15, 0.2) is 0 Å². The molecule has 16 heavy (non-hydrogen) atoms. The average molecular weight is 223 g/mol. The van der Waals surface area contributed by atoms with E-state index in [1.165, 1.54) is 0 Å². The van der Waals surface area contributed by atoms with Gasteiger partial charge in [0.1, 0.15) is 0 Å². The molecule has 0 N–H and O–H groups in total. The van der Waals surface area contributed by atoms with Crippen molar-refractivity contribution in [2.24, 2.45) is 5.92 Å². The molecule has 92 valence electrons. The summed E-state index contributed by atoms with van der Waals surface area (Å²) in [6, 6.07) is 0. The van der Waals surface area contributed by atoms with Crippen molar-refractivity contribution in [2.45, 2.75) is 52.5 Å². The van der Waals surface area contributed by atoms with E-state index in [1.54, 1.807) is 0 Å². The Kier molecular flexibility index (Phi) is 6.36. The Morgan fingerprint density at radius 3 is 2.38 bits per heavy atom. The molecule has 0 aliphatic carbocycles. The number of carbonyl (C=O) groups is 1. The monoisotopic (exact) mass is 223 g/mol. The summed E-state index contributed by atoms with van der Waals surface area (Å²) >= 11 is 0. The number of hydrogen-bond donors (Lipinski definition) is 0. The van der Waals surface area contributed by atoms with Crippen LogP contribution < -0.4 is 0 Å². The molecule has 0 spiro atoms. The number of hydrogen-bond acceptors (Lipinski definition) is 2. The van der Waals surface area contributed by atoms with Crippen LogP contribution in [0.3, 0.4) is 0 Å². The van der Waals surface area contributed by atoms with Crippen molar-refractivity contribution >= 4 is 5.78 Å². The van der Waals surface area contributed by atoms with Crippen molar-refractivity contribution in [1.29, 1.82) is 0 Å². The van der Waals surface area contributed by atoms with Gasteiger partial charge in [-0.1, -0.05) is 32.6 Å². The predicted molar refractivity (Wildman–Crippen MR) is 69.2 cm³/mol. The summed E-state index contributed by atoms with van der Waals surface area (Å²) in [5.41, 5.74) is -0.236. The van der Waals surface area contributed by atoms with Crippen LogP contribution in [-0.4, -0.2) is 30.3 Å². The van der Waals surface area contributed by atoms with Crippen LogP contribution in [0.25, 0.3) is 0 Å². The lowest BCUT2D eigenvalue weighted by molar-refractivity contribution is -0.117. The van der Waals surface area contributed by atoms with Crippen LogP contribution >= 0.6 is 0 Å². The van der Waals surface area contributed by atoms with E-state index in [0.29, 0.717) is 0 Å². The molecule has 0 aliphatic rings. The molecule has 0 aromatic rings. The molecule has 0 aromatic carbocycles. The van der Waals surface area contributed by atoms with E-state index in [4.69, 9.17) is 0 Å². The number of nitrogens with zero attached hydrogens (tertiary/aromatic N) is 1. The normalized spacial score (nSPS) is 13.2. The number of carbonyl (C=O) groups excluding carboxylic acids is 1. The fraction of sp³-hybridized carbons (Fsp3) is 0.786. The molecule has 2 nitrogen and oxygen atoms in total. The average Bonchev–Trinajstić information content (AvgIpc) is 2.22. The maximum atomic E-state index is 11.7. The Bertz CT molecular complexity index is 281. The van der Waals surface area contributed by atoms with Crippen molar-refractivity contribution < 1.29 is 4.79 Å². The summed E-state index contributed by atoms with van der Waals surface area (Å²) < 4.78 is 0. The quantitative estimate of drug-likeness (QED) is 0.527. The molecule has 0 saturated heterocycles. The van der Waals surface area contributed by atoms with E-state index < -0.39 is 0 Å². The van der Waals surface area contributed by atoms with Gasteiger partial charge in [-0.25, -0.2) is 0 Å². The summed E-state index contributed by atoms with van der Waals surface area (Å²) in [7, 11) is 3.94. The van der Waals surface area contributed by atoms with Crippen molar-refractivity contribution in [2.75, 3.05) is 14.1 Å². The topological polar surface area (TPSA) is 20.3 Å². The van der Waals surface area contributed by atoms with Gasteiger partial charge in [0, 0.05) is 5.92 Å². The Morgan fingerprint density at radius 2 is 1.94 bits per heavy atom. The lowest BCUT2D eigenvalue weighted by Crippen LogP contribution is -2.36. The third kappa shape index (κ3) is 5.32. The van der Waals surface area contributed by atoms with Crippen molar-refractivity contribution in [3.63, 3.8) is 0 Å². The van der Waals surface area contributed by atoms with Crippen LogP contribution in [0, 0.1) is 17.8 Å². The van der Waals surface area contributed by atoms with Gasteiger partial charge in [0.25, 0.3) is 0 Å². The van der Waals surface area contributed by atoms with Crippen molar-refractivity contribution in [3.05, 3.63) is 0 Å². The van der Waals surface area contributed by atoms with E-state index in [2.05, 4.69) is 18.8 Å². The molecule has 0 rings (SSSR count). The molecule has 2 heteroatoms. The van der Waals surface area contributed by atoms with Crippen LogP contribution in [0.2, 0.25) is 0 Å². The minimum Gasteiger partial charge on any atom is -0.294 e. The van der Waals surface area contributed by atoms with Crippen molar-refractivity contribution in [3.8, 4) is 11.8 Å². The Balaban J connectivity index is 4.39. The zero-order valence-electron chi connectivity index (χ0n) is 11.6. The number of rotatable bonds is 5. The molecular formula is C14H25NO. The first-order valence-corrected chi connectivity index (χ1v) is 6.05. The minimum absolute atomic E-state index is 0.0726. The molecule has 0 aliphatic heterocycles. The number of Topliss-reactive ketones (excluding diaryl/α,β-unsaturated/α-hetero) is 1. The highest BCUT2D eigenvalue weighted by molar-refractivity contribution is 5.97. The molecule has 0 radical (unpaired) electrons. The Labute approximate surface area is 100 Å². The smallest absolute Gasteiger partial charge is 0.208 e. The first-order chi connectivity index (χ1) is 7.31. The molecule has 1 unspecified atom stereocenters. The lowest BCUT2D eigenvalue weighted by atomic mass is 9.98. The second kappa shape index (κ2) is 6.70. The summed E-state index contributed by atoms with van der Waals surface area (Å²) in [4.78, 5) is 13.7. The zero-order chi connectivity index (χ0) is 12.8. The van der Waals surface area contributed by atoms with E-state index in [9.17, 15) is 4.79 Å². The number of unbranched alkanes of at least 4 members (excludes halogenated alkanes) is 1. The predicted octanol–water partition coefficient (Wildman–Crippen LogP) is 2.73. The van der Waals surface area contributed by atoms with E-state index in [1.807, 2.05) is 39.8 Å². The molecule has 0 heterocycles. The van der Waals surface area contributed by atoms with Gasteiger partial charge < -0.3 is 0 Å². The molecule has 0 aromatic heterocycles. The van der Waals surface area contributed by atoms with E-state index in [0.717, 1.165) is 19.3 Å². The summed E-state index contributed by atoms with van der Waals surface area (Å²) in [6.07, 6.45) is 3.19. The largest absolute Gasteiger partial charge is 0.294 e. The van der Waals surface area contributed by atoms with Gasteiger partial charge in [-0.3, -0.25) is 9.69 Å². The maximum Gasteiger partial charge on any atom is 0.208 e. The Hall–Kier alpha value is -0.810. The molecule has 0 bridgehead atoms. The molecule has 0 saturated carbocycles. The van der Waals surface area contributed by atoms with Gasteiger partial charge in [-0.05, 0) is 40.3 Å². The first kappa shape index (κ1) is 15.2. The maximum absolute atomic E-state index is 11.7. The van der Waals surface area contributed by atoms with Gasteiger partial charge in [-0.15, -0.1) is 0 Å². The summed E-state index contributed by atoms with van der Waals surface area (Å²) in [5.74, 6) is 5.97. The third-order valence-corrected chi connectivity index (χ3v) is 3.05. The molecule has 0 amide bonds.